The van der Waals surface area contributed by atoms with E-state index in [0.29, 0.717) is 19.1 Å². The van der Waals surface area contributed by atoms with E-state index >= 15 is 0 Å². The predicted molar refractivity (Wildman–Crippen MR) is 78.9 cm³/mol. The van der Waals surface area contributed by atoms with Gasteiger partial charge >= 0.3 is 0 Å². The zero-order valence-electron chi connectivity index (χ0n) is 12.0. The fourth-order valence-electron chi connectivity index (χ4n) is 1.84. The van der Waals surface area contributed by atoms with E-state index in [2.05, 4.69) is 22.5 Å². The molecule has 1 aliphatic carbocycles. The second-order valence-corrected chi connectivity index (χ2v) is 5.07. The quantitative estimate of drug-likeness (QED) is 0.680. The maximum atomic E-state index is 11.5. The van der Waals surface area contributed by atoms with E-state index in [-0.39, 0.29) is 5.91 Å². The molecule has 0 saturated heterocycles. The van der Waals surface area contributed by atoms with Crippen LogP contribution in [0.1, 0.15) is 39.0 Å². The molecule has 1 aromatic rings. The zero-order chi connectivity index (χ0) is 14.2. The summed E-state index contributed by atoms with van der Waals surface area (Å²) >= 11 is 0. The summed E-state index contributed by atoms with van der Waals surface area (Å²) in [7, 11) is 0. The van der Waals surface area contributed by atoms with E-state index in [1.165, 1.54) is 0 Å². The minimum absolute atomic E-state index is 0.151. The van der Waals surface area contributed by atoms with Gasteiger partial charge in [0.1, 0.15) is 0 Å². The van der Waals surface area contributed by atoms with Crippen molar-refractivity contribution < 1.29 is 9.53 Å². The van der Waals surface area contributed by atoms with Crippen molar-refractivity contribution >= 4 is 11.7 Å². The number of rotatable bonds is 9. The fraction of sp³-hybridized carbons (Fsp3) is 0.600. The lowest BCUT2D eigenvalue weighted by Crippen LogP contribution is -2.25. The second-order valence-electron chi connectivity index (χ2n) is 5.07. The highest BCUT2D eigenvalue weighted by atomic mass is 16.5. The molecule has 0 unspecified atom stereocenters. The fourth-order valence-corrected chi connectivity index (χ4v) is 1.84. The largest absolute Gasteiger partial charge is 0.490 e. The van der Waals surface area contributed by atoms with Crippen molar-refractivity contribution in [2.45, 2.75) is 45.1 Å². The van der Waals surface area contributed by atoms with E-state index in [0.717, 1.165) is 43.8 Å². The van der Waals surface area contributed by atoms with Crippen molar-refractivity contribution in [2.75, 3.05) is 18.5 Å². The van der Waals surface area contributed by atoms with Gasteiger partial charge in [-0.05, 0) is 37.8 Å². The summed E-state index contributed by atoms with van der Waals surface area (Å²) in [6.07, 6.45) is 6.33. The molecule has 0 atom stereocenters. The van der Waals surface area contributed by atoms with Gasteiger partial charge in [0.25, 0.3) is 0 Å². The second kappa shape index (κ2) is 7.72. The van der Waals surface area contributed by atoms with Gasteiger partial charge < -0.3 is 15.4 Å². The Balaban J connectivity index is 1.68. The van der Waals surface area contributed by atoms with Crippen LogP contribution < -0.4 is 15.4 Å². The van der Waals surface area contributed by atoms with Crippen LogP contribution in [0.5, 0.6) is 5.75 Å². The van der Waals surface area contributed by atoms with E-state index in [4.69, 9.17) is 4.74 Å². The van der Waals surface area contributed by atoms with Gasteiger partial charge in [-0.3, -0.25) is 4.79 Å². The average molecular weight is 277 g/mol. The molecule has 0 spiro atoms. The van der Waals surface area contributed by atoms with E-state index in [9.17, 15) is 4.79 Å². The van der Waals surface area contributed by atoms with Crippen LogP contribution in [0.15, 0.2) is 18.3 Å². The molecule has 2 N–H and O–H groups in total. The summed E-state index contributed by atoms with van der Waals surface area (Å²) in [6.45, 7) is 3.48. The lowest BCUT2D eigenvalue weighted by Gasteiger charge is -2.11. The summed E-state index contributed by atoms with van der Waals surface area (Å²) in [5.74, 6) is 1.68. The molecule has 20 heavy (non-hydrogen) atoms. The molecule has 5 nitrogen and oxygen atoms in total. The van der Waals surface area contributed by atoms with Crippen LogP contribution in [-0.4, -0.2) is 30.1 Å². The molecule has 1 aromatic heterocycles. The minimum atomic E-state index is 0.151. The molecule has 1 aliphatic rings. The Bertz CT molecular complexity index is 433. The highest BCUT2D eigenvalue weighted by molar-refractivity contribution is 5.76. The number of carbonyl (C=O) groups excluding carboxylic acids is 1. The van der Waals surface area contributed by atoms with Crippen LogP contribution in [-0.2, 0) is 4.79 Å². The molecule has 1 saturated carbocycles. The first kappa shape index (κ1) is 14.6. The maximum absolute atomic E-state index is 11.5. The average Bonchev–Trinajstić information content (AvgIpc) is 3.26. The van der Waals surface area contributed by atoms with Crippen LogP contribution in [0.3, 0.4) is 0 Å². The van der Waals surface area contributed by atoms with Crippen LogP contribution >= 0.6 is 0 Å². The normalized spacial score (nSPS) is 13.8. The third-order valence-electron chi connectivity index (χ3n) is 3.05. The number of nitrogens with one attached hydrogen (secondary N) is 2. The van der Waals surface area contributed by atoms with Gasteiger partial charge in [0.05, 0.1) is 6.61 Å². The van der Waals surface area contributed by atoms with Gasteiger partial charge in [0, 0.05) is 25.2 Å². The number of ether oxygens (including phenoxy) is 1. The number of aromatic nitrogens is 1. The summed E-state index contributed by atoms with van der Waals surface area (Å²) in [6, 6.07) is 4.21. The molecule has 1 amide bonds. The van der Waals surface area contributed by atoms with E-state index < -0.39 is 0 Å². The van der Waals surface area contributed by atoms with Crippen molar-refractivity contribution in [1.29, 1.82) is 0 Å². The highest BCUT2D eigenvalue weighted by Gasteiger charge is 2.22. The first-order chi connectivity index (χ1) is 9.79. The lowest BCUT2D eigenvalue weighted by atomic mass is 10.3. The third kappa shape index (κ3) is 5.07. The number of anilines is 1. The first-order valence-corrected chi connectivity index (χ1v) is 7.40. The molecule has 1 heterocycles. The summed E-state index contributed by atoms with van der Waals surface area (Å²) in [4.78, 5) is 15.8. The lowest BCUT2D eigenvalue weighted by molar-refractivity contribution is -0.121. The predicted octanol–water partition coefficient (Wildman–Crippen LogP) is 2.34. The Morgan fingerprint density at radius 2 is 2.35 bits per heavy atom. The van der Waals surface area contributed by atoms with Gasteiger partial charge in [-0.2, -0.15) is 0 Å². The monoisotopic (exact) mass is 277 g/mol. The van der Waals surface area contributed by atoms with Gasteiger partial charge in [-0.1, -0.05) is 6.92 Å². The molecule has 0 aromatic carbocycles. The molecule has 1 fully saturated rings. The molecule has 0 radical (unpaired) electrons. The first-order valence-electron chi connectivity index (χ1n) is 7.40. The number of hydrogen-bond donors (Lipinski definition) is 2. The van der Waals surface area contributed by atoms with Crippen molar-refractivity contribution in [3.63, 3.8) is 0 Å². The zero-order valence-corrected chi connectivity index (χ0v) is 12.0. The molecular formula is C15H23N3O2. The third-order valence-corrected chi connectivity index (χ3v) is 3.05. The standard InChI is InChI=1S/C15H23N3O2/c1-2-11-20-13-5-3-9-16-15(13)17-10-4-6-14(19)18-12-7-8-12/h3,5,9,12H,2,4,6-8,10-11H2,1H3,(H,16,17)(H,18,19). The van der Waals surface area contributed by atoms with Crippen molar-refractivity contribution in [3.05, 3.63) is 18.3 Å². The molecular weight excluding hydrogens is 254 g/mol. The number of carbonyl (C=O) groups is 1. The van der Waals surface area contributed by atoms with Crippen LogP contribution in [0.25, 0.3) is 0 Å². The van der Waals surface area contributed by atoms with Crippen molar-refractivity contribution in [1.82, 2.24) is 10.3 Å². The highest BCUT2D eigenvalue weighted by Crippen LogP contribution is 2.21. The SMILES string of the molecule is CCCOc1cccnc1NCCCC(=O)NC1CC1. The Morgan fingerprint density at radius 3 is 3.10 bits per heavy atom. The Hall–Kier alpha value is -1.78. The number of nitrogens with zero attached hydrogens (tertiary/aromatic N) is 1. The van der Waals surface area contributed by atoms with Gasteiger partial charge in [-0.25, -0.2) is 4.98 Å². The number of amides is 1. The molecule has 0 bridgehead atoms. The molecule has 5 heteroatoms. The van der Waals surface area contributed by atoms with Crippen LogP contribution in [0.4, 0.5) is 5.82 Å². The Kier molecular flexibility index (Phi) is 5.65. The Labute approximate surface area is 120 Å². The maximum Gasteiger partial charge on any atom is 0.220 e. The van der Waals surface area contributed by atoms with Gasteiger partial charge in [0.2, 0.25) is 5.91 Å². The summed E-state index contributed by atoms with van der Waals surface area (Å²) in [5, 5.41) is 6.22. The molecule has 0 aliphatic heterocycles. The van der Waals surface area contributed by atoms with Gasteiger partial charge in [0.15, 0.2) is 11.6 Å². The number of hydrogen-bond acceptors (Lipinski definition) is 4. The molecule has 110 valence electrons. The van der Waals surface area contributed by atoms with E-state index in [1.54, 1.807) is 6.20 Å². The minimum Gasteiger partial charge on any atom is -0.490 e. The van der Waals surface area contributed by atoms with E-state index in [1.807, 2.05) is 12.1 Å². The Morgan fingerprint density at radius 1 is 1.50 bits per heavy atom. The van der Waals surface area contributed by atoms with Gasteiger partial charge in [-0.15, -0.1) is 0 Å². The van der Waals surface area contributed by atoms with Crippen molar-refractivity contribution in [2.24, 2.45) is 0 Å². The van der Waals surface area contributed by atoms with Crippen LogP contribution in [0.2, 0.25) is 0 Å². The van der Waals surface area contributed by atoms with Crippen molar-refractivity contribution in [3.8, 4) is 5.75 Å². The summed E-state index contributed by atoms with van der Waals surface area (Å²) < 4.78 is 5.62. The smallest absolute Gasteiger partial charge is 0.220 e. The topological polar surface area (TPSA) is 63.2 Å². The molecule has 2 rings (SSSR count). The number of pyridine rings is 1. The van der Waals surface area contributed by atoms with Crippen LogP contribution in [0, 0.1) is 0 Å². The summed E-state index contributed by atoms with van der Waals surface area (Å²) in [5.41, 5.74) is 0.